The fourth-order valence-electron chi connectivity index (χ4n) is 5.11. The second kappa shape index (κ2) is 11.2. The minimum absolute atomic E-state index is 0.00305. The van der Waals surface area contributed by atoms with Gasteiger partial charge in [-0.2, -0.15) is 13.2 Å². The molecular weight excluding hydrogens is 585 g/mol. The first-order valence-electron chi connectivity index (χ1n) is 13.6. The maximum absolute atomic E-state index is 13.7. The van der Waals surface area contributed by atoms with E-state index in [0.717, 1.165) is 16.7 Å². The van der Waals surface area contributed by atoms with E-state index in [9.17, 15) is 32.3 Å². The number of pyridine rings is 2. The number of ether oxygens (including phenoxy) is 1. The molecule has 0 unspecified atom stereocenters. The van der Waals surface area contributed by atoms with Gasteiger partial charge in [-0.3, -0.25) is 23.5 Å². The standard InChI is InChI=1S/C28H29F3N8O5/c1-4-44-23-18(28(29,30)31)11-16(12-33-23)19-6-5-7-20(35-19)36-25(42)27(8-9-27)39-14-34-22-21(39)24(41)38(26(43)37(22)3)13-17(32)10-15(2)40/h5-7,10-12,34H,4,8-9,13-14,32H2,1-3H3,(H,35,36,42). The summed E-state index contributed by atoms with van der Waals surface area (Å²) in [6, 6.07) is 5.38. The first-order chi connectivity index (χ1) is 20.8. The van der Waals surface area contributed by atoms with Gasteiger partial charge in [-0.1, -0.05) is 6.07 Å². The molecule has 13 nitrogen and oxygen atoms in total. The number of fused-ring (bicyclic) bond motifs is 1. The molecule has 1 aliphatic heterocycles. The summed E-state index contributed by atoms with van der Waals surface area (Å²) in [5.41, 5.74) is 2.64. The zero-order valence-corrected chi connectivity index (χ0v) is 24.0. The third-order valence-electron chi connectivity index (χ3n) is 7.32. The van der Waals surface area contributed by atoms with E-state index in [0.29, 0.717) is 12.8 Å². The molecule has 0 aromatic carbocycles. The summed E-state index contributed by atoms with van der Waals surface area (Å²) in [5.74, 6) is -1.07. The average Bonchev–Trinajstić information content (AvgIpc) is 3.65. The van der Waals surface area contributed by atoms with E-state index in [1.165, 1.54) is 42.9 Å². The van der Waals surface area contributed by atoms with E-state index in [-0.39, 0.29) is 59.9 Å². The van der Waals surface area contributed by atoms with E-state index in [4.69, 9.17) is 10.5 Å². The molecule has 3 aromatic rings. The van der Waals surface area contributed by atoms with Crippen LogP contribution in [-0.2, 0) is 29.4 Å². The zero-order valence-electron chi connectivity index (χ0n) is 24.0. The molecule has 0 atom stereocenters. The minimum atomic E-state index is -4.71. The van der Waals surface area contributed by atoms with E-state index >= 15 is 0 Å². The Kier molecular flexibility index (Phi) is 7.69. The molecule has 0 saturated heterocycles. The minimum Gasteiger partial charge on any atom is -0.478 e. The van der Waals surface area contributed by atoms with Crippen LogP contribution in [0.3, 0.4) is 0 Å². The highest BCUT2D eigenvalue weighted by Crippen LogP contribution is 2.47. The molecule has 4 heterocycles. The zero-order chi connectivity index (χ0) is 32.0. The number of carbonyl (C=O) groups is 2. The van der Waals surface area contributed by atoms with Gasteiger partial charge in [0.2, 0.25) is 5.88 Å². The predicted molar refractivity (Wildman–Crippen MR) is 154 cm³/mol. The molecule has 1 saturated carbocycles. The van der Waals surface area contributed by atoms with Gasteiger partial charge in [-0.15, -0.1) is 0 Å². The number of aromatic nitrogens is 4. The van der Waals surface area contributed by atoms with Crippen LogP contribution in [0.5, 0.6) is 5.88 Å². The second-order valence-corrected chi connectivity index (χ2v) is 10.4. The van der Waals surface area contributed by atoms with E-state index in [2.05, 4.69) is 20.6 Å². The third kappa shape index (κ3) is 5.49. The fraction of sp³-hybridized carbons (Fsp3) is 0.357. The van der Waals surface area contributed by atoms with Crippen LogP contribution in [0.15, 0.2) is 51.8 Å². The van der Waals surface area contributed by atoms with Crippen LogP contribution in [0.2, 0.25) is 0 Å². The Morgan fingerprint density at radius 1 is 1.25 bits per heavy atom. The molecule has 232 valence electrons. The van der Waals surface area contributed by atoms with Gasteiger partial charge >= 0.3 is 11.9 Å². The van der Waals surface area contributed by atoms with Crippen LogP contribution >= 0.6 is 0 Å². The van der Waals surface area contributed by atoms with Crippen molar-refractivity contribution in [3.8, 4) is 17.1 Å². The maximum Gasteiger partial charge on any atom is 0.421 e. The Bertz CT molecular complexity index is 1810. The quantitative estimate of drug-likeness (QED) is 0.304. The summed E-state index contributed by atoms with van der Waals surface area (Å²) >= 11 is 0. The molecular formula is C28H29F3N8O5. The van der Waals surface area contributed by atoms with Crippen LogP contribution in [0.25, 0.3) is 11.3 Å². The Morgan fingerprint density at radius 2 is 1.98 bits per heavy atom. The number of hydrogen-bond acceptors (Lipinski definition) is 10. The van der Waals surface area contributed by atoms with Gasteiger partial charge in [-0.25, -0.2) is 14.8 Å². The molecule has 16 heteroatoms. The summed E-state index contributed by atoms with van der Waals surface area (Å²) in [6.45, 7) is 2.58. The molecule has 3 aromatic heterocycles. The number of hydrogen-bond donors (Lipinski definition) is 3. The molecule has 1 aliphatic carbocycles. The average molecular weight is 615 g/mol. The molecule has 0 spiro atoms. The summed E-state index contributed by atoms with van der Waals surface area (Å²) in [7, 11) is 1.47. The number of anilines is 3. The van der Waals surface area contributed by atoms with Crippen molar-refractivity contribution in [2.75, 3.05) is 28.8 Å². The van der Waals surface area contributed by atoms with E-state index in [1.807, 2.05) is 0 Å². The van der Waals surface area contributed by atoms with Crippen LogP contribution in [0, 0.1) is 0 Å². The smallest absolute Gasteiger partial charge is 0.421 e. The largest absolute Gasteiger partial charge is 0.478 e. The summed E-state index contributed by atoms with van der Waals surface area (Å²) in [6.07, 6.45) is -1.62. The predicted octanol–water partition coefficient (Wildman–Crippen LogP) is 2.21. The highest BCUT2D eigenvalue weighted by atomic mass is 19.4. The van der Waals surface area contributed by atoms with Crippen LogP contribution in [0.4, 0.5) is 30.5 Å². The van der Waals surface area contributed by atoms with Crippen molar-refractivity contribution >= 4 is 29.0 Å². The molecule has 44 heavy (non-hydrogen) atoms. The lowest BCUT2D eigenvalue weighted by Crippen LogP contribution is -2.49. The van der Waals surface area contributed by atoms with Crippen molar-refractivity contribution in [3.05, 3.63) is 68.6 Å². The van der Waals surface area contributed by atoms with Gasteiger partial charge < -0.3 is 26.0 Å². The van der Waals surface area contributed by atoms with Gasteiger partial charge in [0.1, 0.15) is 28.4 Å². The third-order valence-corrected chi connectivity index (χ3v) is 7.32. The lowest BCUT2D eigenvalue weighted by atomic mass is 10.1. The Balaban J connectivity index is 1.44. The monoisotopic (exact) mass is 614 g/mol. The van der Waals surface area contributed by atoms with E-state index in [1.54, 1.807) is 11.8 Å². The van der Waals surface area contributed by atoms with Crippen molar-refractivity contribution in [3.63, 3.8) is 0 Å². The summed E-state index contributed by atoms with van der Waals surface area (Å²) < 4.78 is 48.1. The lowest BCUT2D eigenvalue weighted by Gasteiger charge is -2.28. The number of nitrogens with zero attached hydrogens (tertiary/aromatic N) is 5. The highest BCUT2D eigenvalue weighted by Gasteiger charge is 2.57. The fourth-order valence-corrected chi connectivity index (χ4v) is 5.11. The first kappa shape index (κ1) is 30.3. The number of carbonyl (C=O) groups excluding carboxylic acids is 2. The number of allylic oxidation sites excluding steroid dienone is 2. The van der Waals surface area contributed by atoms with Crippen LogP contribution in [-0.4, -0.2) is 49.6 Å². The lowest BCUT2D eigenvalue weighted by molar-refractivity contribution is -0.139. The van der Waals surface area contributed by atoms with Crippen molar-refractivity contribution < 1.29 is 27.5 Å². The van der Waals surface area contributed by atoms with E-state index < -0.39 is 40.3 Å². The number of amides is 1. The Hall–Kier alpha value is -5.15. The molecule has 0 radical (unpaired) electrons. The molecule has 0 bridgehead atoms. The van der Waals surface area contributed by atoms with Gasteiger partial charge in [0.15, 0.2) is 5.78 Å². The number of alkyl halides is 3. The number of nitrogens with two attached hydrogens (primary N) is 1. The number of nitrogens with one attached hydrogen (secondary N) is 2. The normalized spacial score (nSPS) is 15.4. The van der Waals surface area contributed by atoms with Gasteiger partial charge in [0.05, 0.1) is 25.5 Å². The van der Waals surface area contributed by atoms with Crippen LogP contribution < -0.4 is 37.3 Å². The Morgan fingerprint density at radius 3 is 2.61 bits per heavy atom. The van der Waals surface area contributed by atoms with Gasteiger partial charge in [0.25, 0.3) is 11.5 Å². The summed E-state index contributed by atoms with van der Waals surface area (Å²) in [5, 5.41) is 5.73. The van der Waals surface area contributed by atoms with Crippen molar-refractivity contribution in [2.45, 2.75) is 44.9 Å². The maximum atomic E-state index is 13.7. The second-order valence-electron chi connectivity index (χ2n) is 10.4. The van der Waals surface area contributed by atoms with Crippen molar-refractivity contribution in [1.29, 1.82) is 0 Å². The molecule has 2 aliphatic rings. The number of halogens is 3. The van der Waals surface area contributed by atoms with Crippen molar-refractivity contribution in [2.24, 2.45) is 12.8 Å². The molecule has 1 amide bonds. The van der Waals surface area contributed by atoms with Crippen molar-refractivity contribution in [1.82, 2.24) is 19.1 Å². The summed E-state index contributed by atoms with van der Waals surface area (Å²) in [4.78, 5) is 61.3. The number of ketones is 1. The highest BCUT2D eigenvalue weighted by molar-refractivity contribution is 6.03. The van der Waals surface area contributed by atoms with Crippen LogP contribution in [0.1, 0.15) is 32.3 Å². The molecule has 1 fully saturated rings. The van der Waals surface area contributed by atoms with Gasteiger partial charge in [-0.05, 0) is 44.9 Å². The first-order valence-corrected chi connectivity index (χ1v) is 13.6. The SMILES string of the molecule is CCOc1ncc(-c2cccc(NC(=O)C3(N4CNc5c4c(=O)n(CC(N)=CC(C)=O)c(=O)n5C)CC3)n2)cc1C(F)(F)F. The topological polar surface area (TPSA) is 166 Å². The Labute approximate surface area is 248 Å². The van der Waals surface area contributed by atoms with Gasteiger partial charge in [0, 0.05) is 30.6 Å². The molecule has 4 N–H and O–H groups in total. The number of rotatable bonds is 9. The molecule has 5 rings (SSSR count).